The Bertz CT molecular complexity index is 671. The molecule has 0 bridgehead atoms. The number of sulfone groups is 1. The highest BCUT2D eigenvalue weighted by Crippen LogP contribution is 2.18. The third-order valence-electron chi connectivity index (χ3n) is 3.10. The fraction of sp³-hybridized carbons (Fsp3) is 0.429. The van der Waals surface area contributed by atoms with E-state index in [9.17, 15) is 26.8 Å². The van der Waals surface area contributed by atoms with Gasteiger partial charge in [0.1, 0.15) is 6.04 Å². The van der Waals surface area contributed by atoms with Crippen LogP contribution in [0.2, 0.25) is 0 Å². The lowest BCUT2D eigenvalue weighted by molar-refractivity contribution is -0.143. The maximum Gasteiger partial charge on any atom is 0.341 e. The third kappa shape index (κ3) is 4.98. The summed E-state index contributed by atoms with van der Waals surface area (Å²) in [5.41, 5.74) is 0.378. The number of halogens is 2. The average Bonchev–Trinajstić information content (AvgIpc) is 2.44. The van der Waals surface area contributed by atoms with E-state index in [1.165, 1.54) is 12.1 Å². The molecule has 0 saturated carbocycles. The van der Waals surface area contributed by atoms with Gasteiger partial charge in [0.25, 0.3) is 0 Å². The van der Waals surface area contributed by atoms with E-state index in [1.807, 2.05) is 0 Å². The van der Waals surface area contributed by atoms with Crippen molar-refractivity contribution in [2.24, 2.45) is 5.92 Å². The van der Waals surface area contributed by atoms with Crippen LogP contribution in [0.15, 0.2) is 29.2 Å². The number of carbonyl (C=O) groups is 2. The Labute approximate surface area is 132 Å². The fourth-order valence-corrected chi connectivity index (χ4v) is 2.54. The molecule has 0 spiro atoms. The second kappa shape index (κ2) is 7.49. The van der Waals surface area contributed by atoms with Crippen LogP contribution in [0.5, 0.6) is 0 Å². The van der Waals surface area contributed by atoms with Gasteiger partial charge in [-0.3, -0.25) is 4.79 Å². The standard InChI is InChI=1S/C14H17F2NO5S/c1-8(2)12(13(19)20)17-11(18)7-9-3-5-10(6-4-9)23(21,22)14(15)16/h3-6,8,12,14H,7H2,1-2H3,(H,17,18)(H,19,20)/t12-/m0/s1. The number of hydrogen-bond donors (Lipinski definition) is 2. The quantitative estimate of drug-likeness (QED) is 0.776. The molecule has 9 heteroatoms. The highest BCUT2D eigenvalue weighted by molar-refractivity contribution is 7.91. The van der Waals surface area contributed by atoms with E-state index in [4.69, 9.17) is 5.11 Å². The zero-order valence-corrected chi connectivity index (χ0v) is 13.3. The second-order valence-corrected chi connectivity index (χ2v) is 7.17. The van der Waals surface area contributed by atoms with Crippen molar-refractivity contribution in [3.8, 4) is 0 Å². The number of amides is 1. The molecule has 128 valence electrons. The summed E-state index contributed by atoms with van der Waals surface area (Å²) in [6.07, 6.45) is -0.189. The summed E-state index contributed by atoms with van der Waals surface area (Å²) >= 11 is 0. The number of aliphatic carboxylic acids is 1. The molecule has 1 aromatic rings. The Morgan fingerprint density at radius 3 is 2.09 bits per heavy atom. The van der Waals surface area contributed by atoms with E-state index in [2.05, 4.69) is 5.32 Å². The van der Waals surface area contributed by atoms with Crippen molar-refractivity contribution in [3.63, 3.8) is 0 Å². The van der Waals surface area contributed by atoms with Crippen LogP contribution in [0.25, 0.3) is 0 Å². The Balaban J connectivity index is 2.79. The largest absolute Gasteiger partial charge is 0.480 e. The van der Waals surface area contributed by atoms with Crippen molar-refractivity contribution >= 4 is 21.7 Å². The van der Waals surface area contributed by atoms with E-state index in [0.29, 0.717) is 5.56 Å². The number of carbonyl (C=O) groups excluding carboxylic acids is 1. The highest BCUT2D eigenvalue weighted by Gasteiger charge is 2.26. The molecule has 0 unspecified atom stereocenters. The average molecular weight is 349 g/mol. The van der Waals surface area contributed by atoms with Crippen LogP contribution < -0.4 is 5.32 Å². The van der Waals surface area contributed by atoms with E-state index in [1.54, 1.807) is 13.8 Å². The second-order valence-electron chi connectivity index (χ2n) is 5.25. The first-order chi connectivity index (χ1) is 10.6. The van der Waals surface area contributed by atoms with Gasteiger partial charge in [0.05, 0.1) is 11.3 Å². The van der Waals surface area contributed by atoms with Crippen LogP contribution in [0, 0.1) is 5.92 Å². The third-order valence-corrected chi connectivity index (χ3v) is 4.50. The summed E-state index contributed by atoms with van der Waals surface area (Å²) in [6, 6.07) is 3.41. The Morgan fingerprint density at radius 2 is 1.70 bits per heavy atom. The molecule has 1 aromatic carbocycles. The molecule has 0 aliphatic carbocycles. The minimum atomic E-state index is -4.68. The number of rotatable bonds is 7. The van der Waals surface area contributed by atoms with Crippen LogP contribution in [0.3, 0.4) is 0 Å². The monoisotopic (exact) mass is 349 g/mol. The molecule has 2 N–H and O–H groups in total. The molecular formula is C14H17F2NO5S. The summed E-state index contributed by atoms with van der Waals surface area (Å²) in [5.74, 6) is -5.55. The van der Waals surface area contributed by atoms with Crippen LogP contribution >= 0.6 is 0 Å². The lowest BCUT2D eigenvalue weighted by atomic mass is 10.0. The zero-order valence-electron chi connectivity index (χ0n) is 12.5. The maximum atomic E-state index is 12.4. The van der Waals surface area contributed by atoms with Crippen molar-refractivity contribution in [3.05, 3.63) is 29.8 Å². The Kier molecular flexibility index (Phi) is 6.20. The number of carboxylic acids is 1. The molecule has 0 aliphatic rings. The first-order valence-corrected chi connectivity index (χ1v) is 8.23. The molecule has 1 amide bonds. The van der Waals surface area contributed by atoms with Crippen LogP contribution in [0.1, 0.15) is 19.4 Å². The highest BCUT2D eigenvalue weighted by atomic mass is 32.2. The van der Waals surface area contributed by atoms with E-state index >= 15 is 0 Å². The van der Waals surface area contributed by atoms with Gasteiger partial charge in [-0.1, -0.05) is 26.0 Å². The van der Waals surface area contributed by atoms with Crippen LogP contribution in [-0.4, -0.2) is 37.2 Å². The lowest BCUT2D eigenvalue weighted by Crippen LogP contribution is -2.44. The van der Waals surface area contributed by atoms with Gasteiger partial charge in [-0.2, -0.15) is 8.78 Å². The summed E-state index contributed by atoms with van der Waals surface area (Å²) in [4.78, 5) is 22.3. The fourth-order valence-electron chi connectivity index (χ4n) is 1.82. The SMILES string of the molecule is CC(C)[C@H](NC(=O)Cc1ccc(S(=O)(=O)C(F)F)cc1)C(=O)O. The summed E-state index contributed by atoms with van der Waals surface area (Å²) in [6.45, 7) is 3.28. The lowest BCUT2D eigenvalue weighted by Gasteiger charge is -2.17. The van der Waals surface area contributed by atoms with Crippen LogP contribution in [0.4, 0.5) is 8.78 Å². The number of benzene rings is 1. The van der Waals surface area contributed by atoms with Crippen molar-refractivity contribution in [1.82, 2.24) is 5.32 Å². The van der Waals surface area contributed by atoms with Gasteiger partial charge in [-0.25, -0.2) is 13.2 Å². The van der Waals surface area contributed by atoms with Gasteiger partial charge in [0.2, 0.25) is 15.7 Å². The van der Waals surface area contributed by atoms with Crippen LogP contribution in [-0.2, 0) is 25.8 Å². The van der Waals surface area contributed by atoms with Crippen molar-refractivity contribution in [1.29, 1.82) is 0 Å². The van der Waals surface area contributed by atoms with Gasteiger partial charge in [0.15, 0.2) is 0 Å². The maximum absolute atomic E-state index is 12.4. The van der Waals surface area contributed by atoms with E-state index in [0.717, 1.165) is 12.1 Å². The Hall–Kier alpha value is -2.03. The van der Waals surface area contributed by atoms with E-state index in [-0.39, 0.29) is 12.3 Å². The van der Waals surface area contributed by atoms with Crippen molar-refractivity contribution in [2.75, 3.05) is 0 Å². The Morgan fingerprint density at radius 1 is 1.17 bits per heavy atom. The minimum Gasteiger partial charge on any atom is -0.480 e. The number of nitrogens with one attached hydrogen (secondary N) is 1. The first-order valence-electron chi connectivity index (χ1n) is 6.69. The molecule has 23 heavy (non-hydrogen) atoms. The van der Waals surface area contributed by atoms with Crippen molar-refractivity contribution < 1.29 is 31.9 Å². The van der Waals surface area contributed by atoms with Gasteiger partial charge in [0, 0.05) is 0 Å². The molecule has 0 aromatic heterocycles. The van der Waals surface area contributed by atoms with Gasteiger partial charge < -0.3 is 10.4 Å². The molecular weight excluding hydrogens is 332 g/mol. The summed E-state index contributed by atoms with van der Waals surface area (Å²) in [7, 11) is -4.68. The number of carboxylic acid groups (broad SMARTS) is 1. The number of hydrogen-bond acceptors (Lipinski definition) is 4. The normalized spacial score (nSPS) is 13.1. The molecule has 0 fully saturated rings. The van der Waals surface area contributed by atoms with Gasteiger partial charge in [-0.15, -0.1) is 0 Å². The molecule has 0 heterocycles. The molecule has 1 rings (SSSR count). The van der Waals surface area contributed by atoms with Gasteiger partial charge in [-0.05, 0) is 23.6 Å². The summed E-state index contributed by atoms with van der Waals surface area (Å²) < 4.78 is 47.3. The van der Waals surface area contributed by atoms with Gasteiger partial charge >= 0.3 is 11.7 Å². The summed E-state index contributed by atoms with van der Waals surface area (Å²) in [5, 5.41) is 11.3. The topological polar surface area (TPSA) is 101 Å². The van der Waals surface area contributed by atoms with E-state index < -0.39 is 38.4 Å². The molecule has 0 aliphatic heterocycles. The predicted octanol–water partition coefficient (Wildman–Crippen LogP) is 1.45. The first kappa shape index (κ1) is 19.0. The molecule has 0 radical (unpaired) electrons. The minimum absolute atomic E-state index is 0.189. The smallest absolute Gasteiger partial charge is 0.341 e. The number of alkyl halides is 2. The molecule has 0 saturated heterocycles. The predicted molar refractivity (Wildman–Crippen MR) is 77.7 cm³/mol. The van der Waals surface area contributed by atoms with Crippen molar-refractivity contribution in [2.45, 2.75) is 37.0 Å². The molecule has 1 atom stereocenters. The molecule has 6 nitrogen and oxygen atoms in total. The zero-order chi connectivity index (χ0) is 17.8.